The van der Waals surface area contributed by atoms with Crippen LogP contribution in [0.25, 0.3) is 9.88 Å². The Hall–Kier alpha value is -1.20. The molecule has 0 amide bonds. The number of carboxylic acid groups (broad SMARTS) is 1. The first-order chi connectivity index (χ1) is 8.13. The molecule has 3 nitrogen and oxygen atoms in total. The van der Waals surface area contributed by atoms with E-state index in [4.69, 9.17) is 0 Å². The summed E-state index contributed by atoms with van der Waals surface area (Å²) in [7, 11) is 0. The molecule has 2 aromatic heterocycles. The number of thiazole rings is 1. The van der Waals surface area contributed by atoms with Crippen molar-refractivity contribution in [2.75, 3.05) is 0 Å². The van der Waals surface area contributed by atoms with Crippen molar-refractivity contribution in [3.63, 3.8) is 0 Å². The average molecular weight is 265 g/mol. The number of hydrogen-bond donors (Lipinski definition) is 1. The summed E-state index contributed by atoms with van der Waals surface area (Å²) in [6.07, 6.45) is 1.43. The zero-order chi connectivity index (χ0) is 12.0. The Bertz CT molecular complexity index is 581. The first-order valence-electron chi connectivity index (χ1n) is 5.37. The fraction of sp³-hybridized carbons (Fsp3) is 0.333. The number of carbonyl (C=O) groups is 1. The van der Waals surface area contributed by atoms with E-state index in [0.29, 0.717) is 0 Å². The molecule has 1 saturated carbocycles. The topological polar surface area (TPSA) is 50.2 Å². The standard InChI is InChI=1S/C12H11NO2S2/c1-7-2-5-16-9(7)10-13-8(6-17-10)12(3-4-12)11(14)15/h2,5-6H,3-4H2,1H3,(H,14,15). The van der Waals surface area contributed by atoms with Crippen LogP contribution in [0.3, 0.4) is 0 Å². The maximum absolute atomic E-state index is 11.2. The van der Waals surface area contributed by atoms with E-state index in [2.05, 4.69) is 18.0 Å². The van der Waals surface area contributed by atoms with Gasteiger partial charge in [0.15, 0.2) is 0 Å². The Labute approximate surface area is 107 Å². The van der Waals surface area contributed by atoms with Gasteiger partial charge in [-0.05, 0) is 36.8 Å². The van der Waals surface area contributed by atoms with Crippen molar-refractivity contribution in [1.29, 1.82) is 0 Å². The van der Waals surface area contributed by atoms with Crippen LogP contribution in [0.15, 0.2) is 16.8 Å². The van der Waals surface area contributed by atoms with E-state index in [-0.39, 0.29) is 0 Å². The minimum Gasteiger partial charge on any atom is -0.481 e. The quantitative estimate of drug-likeness (QED) is 0.926. The van der Waals surface area contributed by atoms with Gasteiger partial charge < -0.3 is 5.11 Å². The van der Waals surface area contributed by atoms with Crippen LogP contribution in [-0.4, -0.2) is 16.1 Å². The van der Waals surface area contributed by atoms with Gasteiger partial charge in [-0.2, -0.15) is 0 Å². The van der Waals surface area contributed by atoms with E-state index in [0.717, 1.165) is 28.4 Å². The van der Waals surface area contributed by atoms with Gasteiger partial charge in [0.25, 0.3) is 0 Å². The summed E-state index contributed by atoms with van der Waals surface area (Å²) in [6, 6.07) is 2.06. The largest absolute Gasteiger partial charge is 0.481 e. The van der Waals surface area contributed by atoms with Crippen LogP contribution in [0.2, 0.25) is 0 Å². The van der Waals surface area contributed by atoms with Crippen LogP contribution in [0.5, 0.6) is 0 Å². The number of nitrogens with zero attached hydrogens (tertiary/aromatic N) is 1. The molecule has 0 bridgehead atoms. The highest BCUT2D eigenvalue weighted by Crippen LogP contribution is 2.49. The van der Waals surface area contributed by atoms with Crippen molar-refractivity contribution < 1.29 is 9.90 Å². The number of hydrogen-bond acceptors (Lipinski definition) is 4. The zero-order valence-corrected chi connectivity index (χ0v) is 10.9. The number of aliphatic carboxylic acids is 1. The monoisotopic (exact) mass is 265 g/mol. The van der Waals surface area contributed by atoms with Crippen LogP contribution < -0.4 is 0 Å². The SMILES string of the molecule is Cc1ccsc1-c1nc(C2(C(=O)O)CC2)cs1. The molecule has 88 valence electrons. The molecule has 3 rings (SSSR count). The average Bonchev–Trinajstić information content (AvgIpc) is 2.77. The molecule has 0 unspecified atom stereocenters. The molecule has 1 fully saturated rings. The lowest BCUT2D eigenvalue weighted by molar-refractivity contribution is -0.140. The van der Waals surface area contributed by atoms with Crippen molar-refractivity contribution in [2.24, 2.45) is 0 Å². The third kappa shape index (κ3) is 1.61. The van der Waals surface area contributed by atoms with Gasteiger partial charge in [0.1, 0.15) is 10.4 Å². The summed E-state index contributed by atoms with van der Waals surface area (Å²) in [5, 5.41) is 14.1. The highest BCUT2D eigenvalue weighted by Gasteiger charge is 2.53. The number of aromatic nitrogens is 1. The van der Waals surface area contributed by atoms with E-state index >= 15 is 0 Å². The molecule has 0 aliphatic heterocycles. The van der Waals surface area contributed by atoms with Crippen molar-refractivity contribution in [3.05, 3.63) is 28.1 Å². The van der Waals surface area contributed by atoms with Crippen molar-refractivity contribution in [3.8, 4) is 9.88 Å². The Morgan fingerprint density at radius 3 is 2.76 bits per heavy atom. The smallest absolute Gasteiger partial charge is 0.315 e. The molecule has 1 aliphatic carbocycles. The summed E-state index contributed by atoms with van der Waals surface area (Å²) in [4.78, 5) is 16.9. The maximum atomic E-state index is 11.2. The Morgan fingerprint density at radius 1 is 1.47 bits per heavy atom. The maximum Gasteiger partial charge on any atom is 0.315 e. The fourth-order valence-corrected chi connectivity index (χ4v) is 3.91. The molecular formula is C12H11NO2S2. The molecule has 2 heterocycles. The van der Waals surface area contributed by atoms with E-state index in [1.54, 1.807) is 22.7 Å². The normalized spacial score (nSPS) is 17.0. The molecular weight excluding hydrogens is 254 g/mol. The van der Waals surface area contributed by atoms with Gasteiger partial charge in [-0.3, -0.25) is 4.79 Å². The molecule has 5 heteroatoms. The van der Waals surface area contributed by atoms with E-state index in [1.807, 2.05) is 10.8 Å². The number of aryl methyl sites for hydroxylation is 1. The molecule has 0 aromatic carbocycles. The minimum absolute atomic E-state index is 0.681. The molecule has 2 aromatic rings. The van der Waals surface area contributed by atoms with Crippen LogP contribution in [0, 0.1) is 6.92 Å². The van der Waals surface area contributed by atoms with Crippen molar-refractivity contribution in [1.82, 2.24) is 4.98 Å². The van der Waals surface area contributed by atoms with Gasteiger partial charge in [-0.25, -0.2) is 4.98 Å². The molecule has 0 radical (unpaired) electrons. The highest BCUT2D eigenvalue weighted by atomic mass is 32.1. The van der Waals surface area contributed by atoms with Gasteiger partial charge in [0.2, 0.25) is 0 Å². The summed E-state index contributed by atoms with van der Waals surface area (Å²) >= 11 is 3.20. The predicted molar refractivity (Wildman–Crippen MR) is 68.7 cm³/mol. The Kier molecular flexibility index (Phi) is 2.34. The molecule has 0 spiro atoms. The second-order valence-electron chi connectivity index (χ2n) is 4.36. The van der Waals surface area contributed by atoms with E-state index in [1.165, 1.54) is 5.56 Å². The van der Waals surface area contributed by atoms with Gasteiger partial charge in [-0.1, -0.05) is 0 Å². The highest BCUT2D eigenvalue weighted by molar-refractivity contribution is 7.20. The number of carboxylic acids is 1. The molecule has 1 aliphatic rings. The van der Waals surface area contributed by atoms with E-state index in [9.17, 15) is 9.90 Å². The molecule has 0 atom stereocenters. The summed E-state index contributed by atoms with van der Waals surface area (Å²) < 4.78 is 0. The second-order valence-corrected chi connectivity index (χ2v) is 6.13. The first kappa shape index (κ1) is 10.9. The van der Waals surface area contributed by atoms with Crippen LogP contribution >= 0.6 is 22.7 Å². The van der Waals surface area contributed by atoms with Crippen LogP contribution in [0.4, 0.5) is 0 Å². The third-order valence-electron chi connectivity index (χ3n) is 3.21. The zero-order valence-electron chi connectivity index (χ0n) is 9.27. The molecule has 1 N–H and O–H groups in total. The number of thiophene rings is 1. The third-order valence-corrected chi connectivity index (χ3v) is 5.22. The Balaban J connectivity index is 2.00. The fourth-order valence-electron chi connectivity index (χ4n) is 1.89. The summed E-state index contributed by atoms with van der Waals surface area (Å²) in [6.45, 7) is 2.05. The molecule has 0 saturated heterocycles. The van der Waals surface area contributed by atoms with Crippen LogP contribution in [0.1, 0.15) is 24.1 Å². The van der Waals surface area contributed by atoms with Crippen molar-refractivity contribution >= 4 is 28.6 Å². The van der Waals surface area contributed by atoms with Gasteiger partial charge in [-0.15, -0.1) is 22.7 Å². The summed E-state index contributed by atoms with van der Waals surface area (Å²) in [5.41, 5.74) is 1.26. The van der Waals surface area contributed by atoms with Gasteiger partial charge in [0, 0.05) is 5.38 Å². The predicted octanol–water partition coefficient (Wildman–Crippen LogP) is 3.30. The lowest BCUT2D eigenvalue weighted by Crippen LogP contribution is -2.19. The minimum atomic E-state index is -0.739. The lowest BCUT2D eigenvalue weighted by atomic mass is 10.1. The second kappa shape index (κ2) is 3.65. The van der Waals surface area contributed by atoms with Gasteiger partial charge in [0.05, 0.1) is 10.6 Å². The Morgan fingerprint density at radius 2 is 2.24 bits per heavy atom. The molecule has 17 heavy (non-hydrogen) atoms. The van der Waals surface area contributed by atoms with E-state index < -0.39 is 11.4 Å². The van der Waals surface area contributed by atoms with Gasteiger partial charge >= 0.3 is 5.97 Å². The first-order valence-corrected chi connectivity index (χ1v) is 7.13. The summed E-state index contributed by atoms with van der Waals surface area (Å²) in [5.74, 6) is -0.739. The van der Waals surface area contributed by atoms with Crippen LogP contribution in [-0.2, 0) is 10.2 Å². The number of rotatable bonds is 3. The lowest BCUT2D eigenvalue weighted by Gasteiger charge is -2.04. The van der Waals surface area contributed by atoms with Crippen molar-refractivity contribution in [2.45, 2.75) is 25.2 Å².